The van der Waals surface area contributed by atoms with Gasteiger partial charge in [0.25, 0.3) is 0 Å². The Kier molecular flexibility index (Phi) is 3.92. The monoisotopic (exact) mass is 233 g/mol. The molecule has 0 amide bonds. The second-order valence-corrected chi connectivity index (χ2v) is 4.77. The van der Waals surface area contributed by atoms with Crippen LogP contribution in [0.25, 0.3) is 0 Å². The topological polar surface area (TPSA) is 40.5 Å². The number of hydrogen-bond acceptors (Lipinski definition) is 3. The average Bonchev–Trinajstić information content (AvgIpc) is 2.29. The fourth-order valence-electron chi connectivity index (χ4n) is 2.35. The third-order valence-corrected chi connectivity index (χ3v) is 3.29. The van der Waals surface area contributed by atoms with Crippen LogP contribution in [0.15, 0.2) is 24.3 Å². The second kappa shape index (κ2) is 5.43. The molecule has 1 aromatic rings. The molecular formula is C14H19NO2. The molecule has 1 atom stereocenters. The van der Waals surface area contributed by atoms with E-state index in [2.05, 4.69) is 0 Å². The molecule has 0 bridgehead atoms. The molecule has 1 fully saturated rings. The van der Waals surface area contributed by atoms with Crippen LogP contribution in [0.4, 0.5) is 0 Å². The number of benzene rings is 1. The SMILES string of the molecule is Cc1ccccc1C(=O)CN1CCCC(O)C1. The Morgan fingerprint density at radius 1 is 1.47 bits per heavy atom. The number of aliphatic hydroxyl groups excluding tert-OH is 1. The number of carbonyl (C=O) groups is 1. The zero-order valence-electron chi connectivity index (χ0n) is 10.2. The molecular weight excluding hydrogens is 214 g/mol. The van der Waals surface area contributed by atoms with Gasteiger partial charge in [0.05, 0.1) is 12.6 Å². The predicted molar refractivity (Wildman–Crippen MR) is 67.2 cm³/mol. The molecule has 0 saturated carbocycles. The van der Waals surface area contributed by atoms with Gasteiger partial charge in [0.1, 0.15) is 0 Å². The molecule has 1 unspecified atom stereocenters. The fraction of sp³-hybridized carbons (Fsp3) is 0.500. The minimum Gasteiger partial charge on any atom is -0.392 e. The van der Waals surface area contributed by atoms with Gasteiger partial charge in [0.15, 0.2) is 5.78 Å². The summed E-state index contributed by atoms with van der Waals surface area (Å²) in [7, 11) is 0. The quantitative estimate of drug-likeness (QED) is 0.807. The number of piperidine rings is 1. The highest BCUT2D eigenvalue weighted by Gasteiger charge is 2.20. The number of Topliss-reactive ketones (excluding diaryl/α,β-unsaturated/α-hetero) is 1. The maximum Gasteiger partial charge on any atom is 0.177 e. The second-order valence-electron chi connectivity index (χ2n) is 4.77. The predicted octanol–water partition coefficient (Wildman–Crippen LogP) is 1.63. The van der Waals surface area contributed by atoms with E-state index >= 15 is 0 Å². The molecule has 17 heavy (non-hydrogen) atoms. The van der Waals surface area contributed by atoms with Crippen molar-refractivity contribution in [1.82, 2.24) is 4.90 Å². The number of β-amino-alcohol motifs (C(OH)–C–C–N with tert-alkyl or cyclic N) is 1. The molecule has 0 aliphatic carbocycles. The Balaban J connectivity index is 1.99. The highest BCUT2D eigenvalue weighted by molar-refractivity contribution is 5.98. The number of nitrogens with zero attached hydrogens (tertiary/aromatic N) is 1. The van der Waals surface area contributed by atoms with Crippen molar-refractivity contribution in [1.29, 1.82) is 0 Å². The molecule has 3 nitrogen and oxygen atoms in total. The molecule has 1 aliphatic heterocycles. The van der Waals surface area contributed by atoms with E-state index in [0.29, 0.717) is 13.1 Å². The van der Waals surface area contributed by atoms with Gasteiger partial charge in [-0.05, 0) is 31.9 Å². The van der Waals surface area contributed by atoms with Gasteiger partial charge >= 0.3 is 0 Å². The first-order valence-electron chi connectivity index (χ1n) is 6.16. The van der Waals surface area contributed by atoms with E-state index in [-0.39, 0.29) is 11.9 Å². The number of ketones is 1. The van der Waals surface area contributed by atoms with Gasteiger partial charge in [-0.3, -0.25) is 9.69 Å². The van der Waals surface area contributed by atoms with Crippen molar-refractivity contribution in [2.24, 2.45) is 0 Å². The van der Waals surface area contributed by atoms with E-state index < -0.39 is 0 Å². The van der Waals surface area contributed by atoms with Crippen LogP contribution in [-0.4, -0.2) is 41.5 Å². The van der Waals surface area contributed by atoms with Crippen molar-refractivity contribution in [2.75, 3.05) is 19.6 Å². The van der Waals surface area contributed by atoms with Gasteiger partial charge in [-0.15, -0.1) is 0 Å². The van der Waals surface area contributed by atoms with Crippen LogP contribution in [0, 0.1) is 6.92 Å². The summed E-state index contributed by atoms with van der Waals surface area (Å²) in [5.74, 6) is 0.150. The average molecular weight is 233 g/mol. The minimum atomic E-state index is -0.270. The molecule has 0 radical (unpaired) electrons. The van der Waals surface area contributed by atoms with Crippen molar-refractivity contribution in [3.63, 3.8) is 0 Å². The van der Waals surface area contributed by atoms with Crippen molar-refractivity contribution in [3.05, 3.63) is 35.4 Å². The summed E-state index contributed by atoms with van der Waals surface area (Å²) in [5, 5.41) is 9.56. The lowest BCUT2D eigenvalue weighted by Gasteiger charge is -2.29. The molecule has 1 aromatic carbocycles. The normalized spacial score (nSPS) is 21.4. The lowest BCUT2D eigenvalue weighted by atomic mass is 10.0. The van der Waals surface area contributed by atoms with Gasteiger partial charge < -0.3 is 5.11 Å². The molecule has 0 aromatic heterocycles. The fourth-order valence-corrected chi connectivity index (χ4v) is 2.35. The first-order chi connectivity index (χ1) is 8.16. The van der Waals surface area contributed by atoms with Crippen LogP contribution in [0.3, 0.4) is 0 Å². The van der Waals surface area contributed by atoms with Crippen LogP contribution in [0.5, 0.6) is 0 Å². The minimum absolute atomic E-state index is 0.150. The highest BCUT2D eigenvalue weighted by atomic mass is 16.3. The van der Waals surface area contributed by atoms with Crippen molar-refractivity contribution in [3.8, 4) is 0 Å². The standard InChI is InChI=1S/C14H19NO2/c1-11-5-2-3-7-13(11)14(17)10-15-8-4-6-12(16)9-15/h2-3,5,7,12,16H,4,6,8-10H2,1H3. The van der Waals surface area contributed by atoms with Crippen LogP contribution in [-0.2, 0) is 0 Å². The number of hydrogen-bond donors (Lipinski definition) is 1. The van der Waals surface area contributed by atoms with Crippen LogP contribution >= 0.6 is 0 Å². The summed E-state index contributed by atoms with van der Waals surface area (Å²) in [5.41, 5.74) is 1.82. The van der Waals surface area contributed by atoms with Crippen LogP contribution in [0.2, 0.25) is 0 Å². The lowest BCUT2D eigenvalue weighted by Crippen LogP contribution is -2.41. The largest absolute Gasteiger partial charge is 0.392 e. The first-order valence-corrected chi connectivity index (χ1v) is 6.16. The van der Waals surface area contributed by atoms with Crippen molar-refractivity contribution < 1.29 is 9.90 Å². The maximum absolute atomic E-state index is 12.1. The molecule has 0 spiro atoms. The number of rotatable bonds is 3. The van der Waals surface area contributed by atoms with Gasteiger partial charge in [-0.25, -0.2) is 0 Å². The van der Waals surface area contributed by atoms with Gasteiger partial charge in [-0.2, -0.15) is 0 Å². The number of aliphatic hydroxyl groups is 1. The third-order valence-electron chi connectivity index (χ3n) is 3.29. The van der Waals surface area contributed by atoms with Crippen molar-refractivity contribution >= 4 is 5.78 Å². The molecule has 1 saturated heterocycles. The Morgan fingerprint density at radius 2 is 2.24 bits per heavy atom. The summed E-state index contributed by atoms with van der Waals surface area (Å²) in [6.07, 6.45) is 1.56. The number of likely N-dealkylation sites (tertiary alicyclic amines) is 1. The molecule has 1 aliphatic rings. The smallest absolute Gasteiger partial charge is 0.177 e. The van der Waals surface area contributed by atoms with E-state index in [1.54, 1.807) is 0 Å². The summed E-state index contributed by atoms with van der Waals surface area (Å²) >= 11 is 0. The zero-order valence-corrected chi connectivity index (χ0v) is 10.2. The van der Waals surface area contributed by atoms with E-state index in [9.17, 15) is 9.90 Å². The number of aryl methyl sites for hydroxylation is 1. The summed E-state index contributed by atoms with van der Waals surface area (Å²) in [6.45, 7) is 3.91. The molecule has 2 rings (SSSR count). The maximum atomic E-state index is 12.1. The Bertz CT molecular complexity index is 403. The highest BCUT2D eigenvalue weighted by Crippen LogP contribution is 2.13. The summed E-state index contributed by atoms with van der Waals surface area (Å²) in [4.78, 5) is 14.2. The van der Waals surface area contributed by atoms with E-state index in [1.165, 1.54) is 0 Å². The van der Waals surface area contributed by atoms with Gasteiger partial charge in [-0.1, -0.05) is 24.3 Å². The third kappa shape index (κ3) is 3.14. The Hall–Kier alpha value is -1.19. The van der Waals surface area contributed by atoms with Gasteiger partial charge in [0.2, 0.25) is 0 Å². The zero-order chi connectivity index (χ0) is 12.3. The first kappa shape index (κ1) is 12.3. The molecule has 3 heteroatoms. The van der Waals surface area contributed by atoms with Crippen LogP contribution < -0.4 is 0 Å². The summed E-state index contributed by atoms with van der Waals surface area (Å²) < 4.78 is 0. The molecule has 1 heterocycles. The Morgan fingerprint density at radius 3 is 2.94 bits per heavy atom. The Labute approximate surface area is 102 Å². The number of carbonyl (C=O) groups excluding carboxylic acids is 1. The van der Waals surface area contributed by atoms with E-state index in [1.807, 2.05) is 36.1 Å². The lowest BCUT2D eigenvalue weighted by molar-refractivity contribution is 0.0634. The summed E-state index contributed by atoms with van der Waals surface area (Å²) in [6, 6.07) is 7.67. The van der Waals surface area contributed by atoms with Gasteiger partial charge in [0, 0.05) is 12.1 Å². The van der Waals surface area contributed by atoms with E-state index in [4.69, 9.17) is 0 Å². The van der Waals surface area contributed by atoms with E-state index in [0.717, 1.165) is 30.5 Å². The molecule has 92 valence electrons. The molecule has 1 N–H and O–H groups in total. The van der Waals surface area contributed by atoms with Crippen molar-refractivity contribution in [2.45, 2.75) is 25.9 Å². The van der Waals surface area contributed by atoms with Crippen LogP contribution in [0.1, 0.15) is 28.8 Å².